The molecule has 0 amide bonds. The van der Waals surface area contributed by atoms with Crippen molar-refractivity contribution in [2.75, 3.05) is 0 Å². The number of benzene rings is 1. The van der Waals surface area contributed by atoms with Gasteiger partial charge < -0.3 is 5.11 Å². The standard InChI is InChI=1S/C14H12N4O/c1-10-6-14(18-8-16-17-9-18)15-7-13(10)11-2-4-12(19)5-3-11/h2-9,19H,1H3. The van der Waals surface area contributed by atoms with Gasteiger partial charge >= 0.3 is 0 Å². The number of nitrogens with zero attached hydrogens (tertiary/aromatic N) is 4. The molecule has 3 aromatic rings. The number of rotatable bonds is 2. The van der Waals surface area contributed by atoms with Gasteiger partial charge in [-0.1, -0.05) is 12.1 Å². The lowest BCUT2D eigenvalue weighted by atomic mass is 10.0. The molecule has 0 aliphatic rings. The van der Waals surface area contributed by atoms with Crippen LogP contribution in [-0.2, 0) is 0 Å². The predicted molar refractivity (Wildman–Crippen MR) is 71.0 cm³/mol. The summed E-state index contributed by atoms with van der Waals surface area (Å²) in [5.74, 6) is 1.04. The Bertz CT molecular complexity index is 690. The van der Waals surface area contributed by atoms with Crippen LogP contribution in [0.1, 0.15) is 5.56 Å². The number of aryl methyl sites for hydroxylation is 1. The fourth-order valence-electron chi connectivity index (χ4n) is 1.94. The second-order valence-corrected chi connectivity index (χ2v) is 4.27. The molecular formula is C14H12N4O. The van der Waals surface area contributed by atoms with Crippen molar-refractivity contribution in [3.8, 4) is 22.7 Å². The Morgan fingerprint density at radius 3 is 2.37 bits per heavy atom. The van der Waals surface area contributed by atoms with E-state index in [1.807, 2.05) is 31.3 Å². The average Bonchev–Trinajstić information content (AvgIpc) is 2.94. The highest BCUT2D eigenvalue weighted by atomic mass is 16.3. The molecule has 2 heterocycles. The summed E-state index contributed by atoms with van der Waals surface area (Å²) in [6, 6.07) is 9.06. The van der Waals surface area contributed by atoms with Gasteiger partial charge in [-0.15, -0.1) is 10.2 Å². The average molecular weight is 252 g/mol. The molecule has 0 saturated heterocycles. The number of pyridine rings is 1. The highest BCUT2D eigenvalue weighted by Crippen LogP contribution is 2.25. The minimum absolute atomic E-state index is 0.260. The van der Waals surface area contributed by atoms with E-state index in [0.717, 1.165) is 22.5 Å². The lowest BCUT2D eigenvalue weighted by molar-refractivity contribution is 0.475. The Balaban J connectivity index is 2.03. The summed E-state index contributed by atoms with van der Waals surface area (Å²) in [6.45, 7) is 2.03. The molecule has 3 rings (SSSR count). The van der Waals surface area contributed by atoms with Crippen LogP contribution >= 0.6 is 0 Å². The minimum Gasteiger partial charge on any atom is -0.508 e. The monoisotopic (exact) mass is 252 g/mol. The van der Waals surface area contributed by atoms with Gasteiger partial charge in [0, 0.05) is 11.8 Å². The third-order valence-electron chi connectivity index (χ3n) is 2.96. The van der Waals surface area contributed by atoms with Gasteiger partial charge in [0.25, 0.3) is 0 Å². The number of aromatic nitrogens is 4. The highest BCUT2D eigenvalue weighted by Gasteiger charge is 2.05. The molecule has 1 aromatic carbocycles. The summed E-state index contributed by atoms with van der Waals surface area (Å²) >= 11 is 0. The van der Waals surface area contributed by atoms with Crippen molar-refractivity contribution in [1.82, 2.24) is 19.7 Å². The van der Waals surface area contributed by atoms with E-state index in [9.17, 15) is 5.11 Å². The van der Waals surface area contributed by atoms with Crippen LogP contribution in [-0.4, -0.2) is 24.9 Å². The molecular weight excluding hydrogens is 240 g/mol. The van der Waals surface area contributed by atoms with Gasteiger partial charge in [-0.25, -0.2) is 4.98 Å². The maximum absolute atomic E-state index is 9.31. The van der Waals surface area contributed by atoms with Gasteiger partial charge in [0.2, 0.25) is 0 Å². The van der Waals surface area contributed by atoms with Crippen LogP contribution < -0.4 is 0 Å². The molecule has 0 saturated carbocycles. The fraction of sp³-hybridized carbons (Fsp3) is 0.0714. The third kappa shape index (κ3) is 2.18. The number of phenolic OH excluding ortho intramolecular Hbond substituents is 1. The second kappa shape index (κ2) is 4.53. The Morgan fingerprint density at radius 2 is 1.74 bits per heavy atom. The lowest BCUT2D eigenvalue weighted by Crippen LogP contribution is -1.96. The number of hydrogen-bond donors (Lipinski definition) is 1. The molecule has 5 nitrogen and oxygen atoms in total. The summed E-state index contributed by atoms with van der Waals surface area (Å²) in [4.78, 5) is 4.40. The van der Waals surface area contributed by atoms with Crippen molar-refractivity contribution in [2.45, 2.75) is 6.92 Å². The molecule has 19 heavy (non-hydrogen) atoms. The van der Waals surface area contributed by atoms with E-state index in [4.69, 9.17) is 0 Å². The number of hydrogen-bond acceptors (Lipinski definition) is 4. The number of aromatic hydroxyl groups is 1. The van der Waals surface area contributed by atoms with E-state index >= 15 is 0 Å². The second-order valence-electron chi connectivity index (χ2n) is 4.27. The molecule has 0 atom stereocenters. The zero-order chi connectivity index (χ0) is 13.2. The van der Waals surface area contributed by atoms with Crippen molar-refractivity contribution < 1.29 is 5.11 Å². The van der Waals surface area contributed by atoms with E-state index < -0.39 is 0 Å². The van der Waals surface area contributed by atoms with Crippen LogP contribution in [0.3, 0.4) is 0 Å². The largest absolute Gasteiger partial charge is 0.508 e. The van der Waals surface area contributed by atoms with E-state index in [1.165, 1.54) is 0 Å². The Kier molecular flexibility index (Phi) is 2.72. The normalized spacial score (nSPS) is 10.6. The Morgan fingerprint density at radius 1 is 1.05 bits per heavy atom. The number of phenols is 1. The first kappa shape index (κ1) is 11.4. The first-order chi connectivity index (χ1) is 9.24. The molecule has 1 N–H and O–H groups in total. The van der Waals surface area contributed by atoms with Crippen LogP contribution in [0.25, 0.3) is 16.9 Å². The zero-order valence-electron chi connectivity index (χ0n) is 10.4. The van der Waals surface area contributed by atoms with E-state index in [-0.39, 0.29) is 5.75 Å². The van der Waals surface area contributed by atoms with Crippen molar-refractivity contribution in [1.29, 1.82) is 0 Å². The Labute approximate surface area is 110 Å². The molecule has 94 valence electrons. The molecule has 0 aliphatic carbocycles. The topological polar surface area (TPSA) is 63.8 Å². The summed E-state index contributed by atoms with van der Waals surface area (Å²) in [6.07, 6.45) is 5.04. The minimum atomic E-state index is 0.260. The summed E-state index contributed by atoms with van der Waals surface area (Å²) in [5, 5.41) is 16.8. The first-order valence-corrected chi connectivity index (χ1v) is 5.85. The van der Waals surface area contributed by atoms with E-state index in [1.54, 1.807) is 29.4 Å². The molecule has 0 spiro atoms. The molecule has 5 heteroatoms. The van der Waals surface area contributed by atoms with Gasteiger partial charge in [-0.3, -0.25) is 4.57 Å². The fourth-order valence-corrected chi connectivity index (χ4v) is 1.94. The Hall–Kier alpha value is -2.69. The molecule has 0 fully saturated rings. The highest BCUT2D eigenvalue weighted by molar-refractivity contribution is 5.67. The van der Waals surface area contributed by atoms with Crippen LogP contribution in [0, 0.1) is 6.92 Å². The van der Waals surface area contributed by atoms with Crippen LogP contribution in [0.2, 0.25) is 0 Å². The SMILES string of the molecule is Cc1cc(-n2cnnc2)ncc1-c1ccc(O)cc1. The van der Waals surface area contributed by atoms with Crippen molar-refractivity contribution in [3.63, 3.8) is 0 Å². The maximum Gasteiger partial charge on any atom is 0.139 e. The van der Waals surface area contributed by atoms with E-state index in [2.05, 4.69) is 15.2 Å². The summed E-state index contributed by atoms with van der Waals surface area (Å²) in [5.41, 5.74) is 3.17. The summed E-state index contributed by atoms with van der Waals surface area (Å²) < 4.78 is 1.76. The third-order valence-corrected chi connectivity index (χ3v) is 2.96. The van der Waals surface area contributed by atoms with Gasteiger partial charge in [0.15, 0.2) is 0 Å². The van der Waals surface area contributed by atoms with Gasteiger partial charge in [0.05, 0.1) is 0 Å². The van der Waals surface area contributed by atoms with Crippen LogP contribution in [0.4, 0.5) is 0 Å². The molecule has 0 radical (unpaired) electrons. The molecule has 0 aliphatic heterocycles. The smallest absolute Gasteiger partial charge is 0.139 e. The lowest BCUT2D eigenvalue weighted by Gasteiger charge is -2.08. The maximum atomic E-state index is 9.31. The van der Waals surface area contributed by atoms with Crippen molar-refractivity contribution in [3.05, 3.63) is 54.7 Å². The van der Waals surface area contributed by atoms with Crippen molar-refractivity contribution >= 4 is 0 Å². The first-order valence-electron chi connectivity index (χ1n) is 5.85. The van der Waals surface area contributed by atoms with Crippen molar-refractivity contribution in [2.24, 2.45) is 0 Å². The van der Waals surface area contributed by atoms with Gasteiger partial charge in [-0.2, -0.15) is 0 Å². The van der Waals surface area contributed by atoms with Gasteiger partial charge in [-0.05, 0) is 36.2 Å². The molecule has 0 unspecified atom stereocenters. The van der Waals surface area contributed by atoms with Crippen LogP contribution in [0.15, 0.2) is 49.2 Å². The van der Waals surface area contributed by atoms with Gasteiger partial charge in [0.1, 0.15) is 24.2 Å². The summed E-state index contributed by atoms with van der Waals surface area (Å²) in [7, 11) is 0. The van der Waals surface area contributed by atoms with Crippen LogP contribution in [0.5, 0.6) is 5.75 Å². The predicted octanol–water partition coefficient (Wildman–Crippen LogP) is 2.34. The zero-order valence-corrected chi connectivity index (χ0v) is 10.4. The molecule has 0 bridgehead atoms. The van der Waals surface area contributed by atoms with E-state index in [0.29, 0.717) is 0 Å². The molecule has 2 aromatic heterocycles. The quantitative estimate of drug-likeness (QED) is 0.760.